The number of rotatable bonds is 3. The van der Waals surface area contributed by atoms with Gasteiger partial charge in [0, 0.05) is 16.5 Å². The highest BCUT2D eigenvalue weighted by Crippen LogP contribution is 2.41. The minimum absolute atomic E-state index is 0.781. The Morgan fingerprint density at radius 3 is 2.10 bits per heavy atom. The summed E-state index contributed by atoms with van der Waals surface area (Å²) in [6.07, 6.45) is 3.15. The number of allylic oxidation sites excluding steroid dienone is 1. The summed E-state index contributed by atoms with van der Waals surface area (Å²) in [4.78, 5) is 0. The summed E-state index contributed by atoms with van der Waals surface area (Å²) in [5, 5.41) is 2.69. The summed E-state index contributed by atoms with van der Waals surface area (Å²) in [5.74, 6) is 1.94. The second kappa shape index (κ2) is 7.19. The van der Waals surface area contributed by atoms with Gasteiger partial charge in [-0.05, 0) is 89.2 Å². The van der Waals surface area contributed by atoms with Crippen LogP contribution in [-0.2, 0) is 6.42 Å². The van der Waals surface area contributed by atoms with Crippen LogP contribution in [-0.4, -0.2) is 8.07 Å². The van der Waals surface area contributed by atoms with Crippen LogP contribution in [0.15, 0.2) is 34.7 Å². The summed E-state index contributed by atoms with van der Waals surface area (Å²) in [6.45, 7) is 13.1. The Labute approximate surface area is 184 Å². The van der Waals surface area contributed by atoms with E-state index in [9.17, 15) is 0 Å². The topological polar surface area (TPSA) is 13.1 Å². The third-order valence-electron chi connectivity index (χ3n) is 5.81. The van der Waals surface area contributed by atoms with Crippen LogP contribution in [0.2, 0.25) is 29.7 Å². The predicted octanol–water partition coefficient (Wildman–Crippen LogP) is 7.82. The lowest BCUT2D eigenvalue weighted by atomic mass is 9.93. The molecule has 1 nitrogen and oxygen atoms in total. The molecule has 4 rings (SSSR count). The van der Waals surface area contributed by atoms with Crippen molar-refractivity contribution in [1.29, 1.82) is 0 Å². The smallest absolute Gasteiger partial charge is 0.130 e. The molecule has 0 atom stereocenters. The van der Waals surface area contributed by atoms with Gasteiger partial charge in [-0.3, -0.25) is 0 Å². The molecule has 0 bridgehead atoms. The Bertz CT molecular complexity index is 1120. The Kier molecular flexibility index (Phi) is 5.09. The van der Waals surface area contributed by atoms with E-state index in [1.807, 2.05) is 6.92 Å². The van der Waals surface area contributed by atoms with Crippen LogP contribution in [0.4, 0.5) is 0 Å². The molecule has 0 unspecified atom stereocenters. The van der Waals surface area contributed by atoms with Crippen LogP contribution in [0, 0.1) is 20.8 Å². The summed E-state index contributed by atoms with van der Waals surface area (Å²) in [5.41, 5.74) is 8.49. The first-order valence-corrected chi connectivity index (χ1v) is 14.2. The highest BCUT2D eigenvalue weighted by molar-refractivity contribution is 6.91. The molecule has 1 aliphatic carbocycles. The molecule has 0 radical (unpaired) electrons. The molecule has 0 N–H and O–H groups in total. The van der Waals surface area contributed by atoms with Crippen LogP contribution in [0.5, 0.6) is 0 Å². The van der Waals surface area contributed by atoms with Gasteiger partial charge in [-0.1, -0.05) is 55.0 Å². The molecule has 4 heteroatoms. The molecule has 150 valence electrons. The molecule has 0 amide bonds. The standard InChI is InChI=1S/C25H26Cl2OSi/c1-14-7-8-17-10-18(23-9-15(2)16(3)28-23)11-20(17)24(14)19-12-21(26)25(22(27)13-19)29(4,5)6/h7-9,11-13H,10H2,1-6H3. The maximum Gasteiger partial charge on any atom is 0.130 e. The Balaban J connectivity index is 1.87. The number of furan rings is 1. The van der Waals surface area contributed by atoms with E-state index in [2.05, 4.69) is 69.9 Å². The lowest BCUT2D eigenvalue weighted by molar-refractivity contribution is 0.518. The first kappa shape index (κ1) is 20.5. The molecule has 1 aromatic heterocycles. The lowest BCUT2D eigenvalue weighted by Crippen LogP contribution is -2.39. The average Bonchev–Trinajstić information content (AvgIpc) is 3.16. The predicted molar refractivity (Wildman–Crippen MR) is 129 cm³/mol. The van der Waals surface area contributed by atoms with Crippen molar-refractivity contribution in [2.24, 2.45) is 0 Å². The molecule has 0 spiro atoms. The maximum absolute atomic E-state index is 6.74. The normalized spacial score (nSPS) is 13.6. The van der Waals surface area contributed by atoms with Crippen molar-refractivity contribution in [1.82, 2.24) is 0 Å². The van der Waals surface area contributed by atoms with Crippen LogP contribution in [0.1, 0.15) is 33.8 Å². The van der Waals surface area contributed by atoms with Crippen LogP contribution < -0.4 is 5.19 Å². The number of benzene rings is 2. The van der Waals surface area contributed by atoms with Gasteiger partial charge in [-0.2, -0.15) is 0 Å². The number of aryl methyl sites for hydroxylation is 3. The molecule has 3 aromatic rings. The summed E-state index contributed by atoms with van der Waals surface area (Å²) >= 11 is 13.5. The van der Waals surface area contributed by atoms with Crippen molar-refractivity contribution >= 4 is 48.1 Å². The van der Waals surface area contributed by atoms with Gasteiger partial charge < -0.3 is 4.42 Å². The van der Waals surface area contributed by atoms with Crippen molar-refractivity contribution in [3.8, 4) is 11.1 Å². The Morgan fingerprint density at radius 1 is 0.897 bits per heavy atom. The SMILES string of the molecule is Cc1cc(C2=Cc3c(ccc(C)c3-c3cc(Cl)c([Si](C)(C)C)c(Cl)c3)C2)oc1C. The van der Waals surface area contributed by atoms with Crippen molar-refractivity contribution in [2.75, 3.05) is 0 Å². The Hall–Kier alpha value is -1.74. The minimum atomic E-state index is -1.63. The molecular weight excluding hydrogens is 415 g/mol. The molecule has 2 aromatic carbocycles. The zero-order valence-corrected chi connectivity index (χ0v) is 20.3. The zero-order valence-electron chi connectivity index (χ0n) is 17.8. The summed E-state index contributed by atoms with van der Waals surface area (Å²) < 4.78 is 5.99. The molecule has 1 heterocycles. The van der Waals surface area contributed by atoms with Crippen molar-refractivity contribution in [3.05, 3.63) is 74.2 Å². The van der Waals surface area contributed by atoms with Crippen molar-refractivity contribution in [2.45, 2.75) is 46.8 Å². The maximum atomic E-state index is 6.74. The number of hydrogen-bond acceptors (Lipinski definition) is 1. The lowest BCUT2D eigenvalue weighted by Gasteiger charge is -2.22. The average molecular weight is 441 g/mol. The van der Waals surface area contributed by atoms with Gasteiger partial charge in [0.1, 0.15) is 11.5 Å². The van der Waals surface area contributed by atoms with Gasteiger partial charge in [0.25, 0.3) is 0 Å². The van der Waals surface area contributed by atoms with Crippen LogP contribution in [0.3, 0.4) is 0 Å². The van der Waals surface area contributed by atoms with Gasteiger partial charge in [0.15, 0.2) is 0 Å². The monoisotopic (exact) mass is 440 g/mol. The number of hydrogen-bond donors (Lipinski definition) is 0. The Morgan fingerprint density at radius 2 is 1.55 bits per heavy atom. The third-order valence-corrected chi connectivity index (χ3v) is 8.76. The van der Waals surface area contributed by atoms with Crippen molar-refractivity contribution in [3.63, 3.8) is 0 Å². The number of halogens is 2. The van der Waals surface area contributed by atoms with Gasteiger partial charge in [0.05, 0.1) is 8.07 Å². The quantitative estimate of drug-likeness (QED) is 0.378. The first-order valence-electron chi connectivity index (χ1n) is 9.96. The molecular formula is C25H26Cl2OSi. The van der Waals surface area contributed by atoms with Gasteiger partial charge in [-0.15, -0.1) is 0 Å². The van der Waals surface area contributed by atoms with E-state index in [1.165, 1.54) is 33.4 Å². The van der Waals surface area contributed by atoms with E-state index in [1.54, 1.807) is 0 Å². The van der Waals surface area contributed by atoms with E-state index in [0.717, 1.165) is 38.7 Å². The van der Waals surface area contributed by atoms with E-state index in [0.29, 0.717) is 0 Å². The van der Waals surface area contributed by atoms with Gasteiger partial charge in [0.2, 0.25) is 0 Å². The van der Waals surface area contributed by atoms with Crippen molar-refractivity contribution < 1.29 is 4.42 Å². The number of fused-ring (bicyclic) bond motifs is 1. The van der Waals surface area contributed by atoms with Gasteiger partial charge >= 0.3 is 0 Å². The highest BCUT2D eigenvalue weighted by atomic mass is 35.5. The summed E-state index contributed by atoms with van der Waals surface area (Å²) in [7, 11) is -1.63. The molecule has 0 saturated heterocycles. The fourth-order valence-electron chi connectivity index (χ4n) is 4.23. The van der Waals surface area contributed by atoms with E-state index in [-0.39, 0.29) is 0 Å². The summed E-state index contributed by atoms with van der Waals surface area (Å²) in [6, 6.07) is 10.7. The fourth-order valence-corrected chi connectivity index (χ4v) is 7.99. The van der Waals surface area contributed by atoms with Crippen LogP contribution >= 0.6 is 23.2 Å². The molecule has 0 fully saturated rings. The molecule has 1 aliphatic rings. The van der Waals surface area contributed by atoms with E-state index < -0.39 is 8.07 Å². The molecule has 0 saturated carbocycles. The second-order valence-electron chi connectivity index (χ2n) is 9.09. The highest BCUT2D eigenvalue weighted by Gasteiger charge is 2.26. The molecule has 0 aliphatic heterocycles. The second-order valence-corrected chi connectivity index (χ2v) is 14.9. The molecule has 29 heavy (non-hydrogen) atoms. The largest absolute Gasteiger partial charge is 0.461 e. The van der Waals surface area contributed by atoms with E-state index in [4.69, 9.17) is 27.6 Å². The van der Waals surface area contributed by atoms with E-state index >= 15 is 0 Å². The minimum Gasteiger partial charge on any atom is -0.461 e. The fraction of sp³-hybridized carbons (Fsp3) is 0.280. The zero-order chi connectivity index (χ0) is 21.1. The third kappa shape index (κ3) is 3.63. The van der Waals surface area contributed by atoms with Crippen LogP contribution in [0.25, 0.3) is 22.8 Å². The van der Waals surface area contributed by atoms with Gasteiger partial charge in [-0.25, -0.2) is 0 Å². The first-order chi connectivity index (χ1) is 13.6.